The number of fused-ring (bicyclic) bond motifs is 1. The fourth-order valence-corrected chi connectivity index (χ4v) is 3.90. The van der Waals surface area contributed by atoms with Crippen LogP contribution in [-0.4, -0.2) is 27.9 Å². The molecule has 1 amide bonds. The Morgan fingerprint density at radius 3 is 2.66 bits per heavy atom. The van der Waals surface area contributed by atoms with Crippen LogP contribution in [0.3, 0.4) is 0 Å². The number of carbonyl (C=O) groups excluding carboxylic acids is 2. The molecule has 2 aromatic carbocycles. The van der Waals surface area contributed by atoms with E-state index in [4.69, 9.17) is 4.74 Å². The molecule has 0 bridgehead atoms. The second-order valence-electron chi connectivity index (χ2n) is 6.69. The van der Waals surface area contributed by atoms with E-state index >= 15 is 0 Å². The third kappa shape index (κ3) is 4.20. The Labute approximate surface area is 171 Å². The molecule has 0 aliphatic heterocycles. The molecular formula is C22H19N3O3S. The number of hydrogen-bond acceptors (Lipinski definition) is 5. The topological polar surface area (TPSA) is 84.1 Å². The zero-order valence-corrected chi connectivity index (χ0v) is 16.7. The average molecular weight is 405 g/mol. The van der Waals surface area contributed by atoms with Crippen LogP contribution in [0.5, 0.6) is 0 Å². The second-order valence-corrected chi connectivity index (χ2v) is 7.72. The predicted molar refractivity (Wildman–Crippen MR) is 114 cm³/mol. The Morgan fingerprint density at radius 1 is 1.14 bits per heavy atom. The van der Waals surface area contributed by atoms with Gasteiger partial charge in [0.2, 0.25) is 0 Å². The number of aromatic amines is 1. The fraction of sp³-hybridized carbons (Fsp3) is 0.136. The molecule has 0 saturated carbocycles. The van der Waals surface area contributed by atoms with Crippen molar-refractivity contribution in [1.82, 2.24) is 9.97 Å². The Morgan fingerprint density at radius 2 is 1.93 bits per heavy atom. The third-order valence-corrected chi connectivity index (χ3v) is 5.48. The van der Waals surface area contributed by atoms with Gasteiger partial charge in [0.25, 0.3) is 5.91 Å². The van der Waals surface area contributed by atoms with Crippen LogP contribution in [0.1, 0.15) is 23.0 Å². The van der Waals surface area contributed by atoms with E-state index in [9.17, 15) is 9.59 Å². The average Bonchev–Trinajstić information content (AvgIpc) is 3.38. The fourth-order valence-electron chi connectivity index (χ4n) is 2.83. The lowest BCUT2D eigenvalue weighted by Gasteiger charge is -2.13. The number of amides is 1. The van der Waals surface area contributed by atoms with Crippen LogP contribution in [0.25, 0.3) is 20.8 Å². The van der Waals surface area contributed by atoms with Gasteiger partial charge >= 0.3 is 5.97 Å². The first-order chi connectivity index (χ1) is 14.0. The molecule has 6 nitrogen and oxygen atoms in total. The van der Waals surface area contributed by atoms with Crippen molar-refractivity contribution in [3.05, 3.63) is 72.1 Å². The molecule has 2 N–H and O–H groups in total. The maximum atomic E-state index is 12.3. The van der Waals surface area contributed by atoms with E-state index in [1.165, 1.54) is 12.5 Å². The lowest BCUT2D eigenvalue weighted by Crippen LogP contribution is -2.30. The smallest absolute Gasteiger partial charge is 0.355 e. The van der Waals surface area contributed by atoms with Crippen LogP contribution in [0.15, 0.2) is 60.8 Å². The van der Waals surface area contributed by atoms with Gasteiger partial charge in [0.05, 0.1) is 10.2 Å². The molecule has 146 valence electrons. The first-order valence-electron chi connectivity index (χ1n) is 9.12. The van der Waals surface area contributed by atoms with E-state index in [1.807, 2.05) is 36.4 Å². The molecule has 2 heterocycles. The van der Waals surface area contributed by atoms with E-state index in [-0.39, 0.29) is 0 Å². The van der Waals surface area contributed by atoms with Crippen LogP contribution in [0, 0.1) is 6.92 Å². The number of benzene rings is 2. The Balaban J connectivity index is 1.42. The summed E-state index contributed by atoms with van der Waals surface area (Å²) in [4.78, 5) is 31.7. The SMILES string of the molecule is Cc1ccc2nc(-c3ccc(NC(=O)[C@H](C)OC(=O)c4ccc[nH]4)cc3)sc2c1. The van der Waals surface area contributed by atoms with Crippen LogP contribution in [0.4, 0.5) is 5.69 Å². The molecule has 0 radical (unpaired) electrons. The second kappa shape index (κ2) is 7.89. The number of carbonyl (C=O) groups is 2. The minimum Gasteiger partial charge on any atom is -0.448 e. The molecule has 7 heteroatoms. The lowest BCUT2D eigenvalue weighted by atomic mass is 10.2. The number of aromatic nitrogens is 2. The number of hydrogen-bond donors (Lipinski definition) is 2. The molecule has 0 aliphatic rings. The number of esters is 1. The normalized spacial score (nSPS) is 11.9. The number of rotatable bonds is 5. The molecule has 4 aromatic rings. The van der Waals surface area contributed by atoms with Crippen molar-refractivity contribution in [2.45, 2.75) is 20.0 Å². The first kappa shape index (κ1) is 18.9. The zero-order chi connectivity index (χ0) is 20.4. The number of anilines is 1. The predicted octanol–water partition coefficient (Wildman–Crippen LogP) is 4.78. The van der Waals surface area contributed by atoms with Crippen molar-refractivity contribution < 1.29 is 14.3 Å². The van der Waals surface area contributed by atoms with Gasteiger partial charge in [-0.05, 0) is 67.9 Å². The summed E-state index contributed by atoms with van der Waals surface area (Å²) >= 11 is 1.64. The molecular weight excluding hydrogens is 386 g/mol. The lowest BCUT2D eigenvalue weighted by molar-refractivity contribution is -0.123. The molecule has 0 spiro atoms. The molecule has 0 unspecified atom stereocenters. The van der Waals surface area contributed by atoms with Crippen LogP contribution in [0.2, 0.25) is 0 Å². The highest BCUT2D eigenvalue weighted by atomic mass is 32.1. The van der Waals surface area contributed by atoms with E-state index in [1.54, 1.807) is 29.7 Å². The van der Waals surface area contributed by atoms with Gasteiger partial charge in [-0.2, -0.15) is 0 Å². The molecule has 0 fully saturated rings. The summed E-state index contributed by atoms with van der Waals surface area (Å²) in [5, 5.41) is 3.69. The largest absolute Gasteiger partial charge is 0.448 e. The highest BCUT2D eigenvalue weighted by Gasteiger charge is 2.19. The van der Waals surface area contributed by atoms with Gasteiger partial charge < -0.3 is 15.0 Å². The standard InChI is InChI=1S/C22H19N3O3S/c1-13-5-10-17-19(12-13)29-21(25-17)15-6-8-16(9-7-15)24-20(26)14(2)28-22(27)18-4-3-11-23-18/h3-12,14,23H,1-2H3,(H,24,26)/t14-/m0/s1. The van der Waals surface area contributed by atoms with Crippen molar-refractivity contribution >= 4 is 39.1 Å². The number of nitrogens with zero attached hydrogens (tertiary/aromatic N) is 1. The minimum atomic E-state index is -0.919. The molecule has 0 aliphatic carbocycles. The van der Waals surface area contributed by atoms with Gasteiger partial charge in [0.1, 0.15) is 10.7 Å². The summed E-state index contributed by atoms with van der Waals surface area (Å²) in [6.07, 6.45) is 0.702. The maximum Gasteiger partial charge on any atom is 0.355 e. The van der Waals surface area contributed by atoms with Crippen molar-refractivity contribution in [1.29, 1.82) is 0 Å². The molecule has 1 atom stereocenters. The summed E-state index contributed by atoms with van der Waals surface area (Å²) < 4.78 is 6.32. The maximum absolute atomic E-state index is 12.3. The zero-order valence-electron chi connectivity index (χ0n) is 15.9. The van der Waals surface area contributed by atoms with E-state index in [2.05, 4.69) is 28.3 Å². The van der Waals surface area contributed by atoms with Crippen LogP contribution in [-0.2, 0) is 9.53 Å². The highest BCUT2D eigenvalue weighted by Crippen LogP contribution is 2.31. The summed E-state index contributed by atoms with van der Waals surface area (Å²) in [5.41, 5.74) is 4.09. The Hall–Kier alpha value is -3.45. The highest BCUT2D eigenvalue weighted by molar-refractivity contribution is 7.21. The van der Waals surface area contributed by atoms with Crippen molar-refractivity contribution in [2.75, 3.05) is 5.32 Å². The van der Waals surface area contributed by atoms with Gasteiger partial charge in [-0.3, -0.25) is 4.79 Å². The number of H-pyrrole nitrogens is 1. The van der Waals surface area contributed by atoms with E-state index in [0.29, 0.717) is 11.4 Å². The number of thiazole rings is 1. The van der Waals surface area contributed by atoms with Crippen LogP contribution >= 0.6 is 11.3 Å². The van der Waals surface area contributed by atoms with E-state index in [0.717, 1.165) is 20.8 Å². The number of nitrogens with one attached hydrogen (secondary N) is 2. The number of ether oxygens (including phenoxy) is 1. The number of aryl methyl sites for hydroxylation is 1. The van der Waals surface area contributed by atoms with Crippen molar-refractivity contribution in [3.63, 3.8) is 0 Å². The van der Waals surface area contributed by atoms with E-state index < -0.39 is 18.0 Å². The summed E-state index contributed by atoms with van der Waals surface area (Å²) in [7, 11) is 0. The molecule has 2 aromatic heterocycles. The van der Waals surface area contributed by atoms with Gasteiger partial charge in [0, 0.05) is 17.4 Å². The monoisotopic (exact) mass is 405 g/mol. The summed E-state index contributed by atoms with van der Waals surface area (Å²) in [5.74, 6) is -0.966. The Bertz CT molecular complexity index is 1160. The van der Waals surface area contributed by atoms with Crippen molar-refractivity contribution in [2.24, 2.45) is 0 Å². The molecule has 29 heavy (non-hydrogen) atoms. The van der Waals surface area contributed by atoms with Gasteiger partial charge in [0.15, 0.2) is 6.10 Å². The van der Waals surface area contributed by atoms with Gasteiger partial charge in [-0.1, -0.05) is 6.07 Å². The molecule has 0 saturated heterocycles. The van der Waals surface area contributed by atoms with Gasteiger partial charge in [-0.25, -0.2) is 9.78 Å². The quantitative estimate of drug-likeness (QED) is 0.468. The summed E-state index contributed by atoms with van der Waals surface area (Å²) in [6, 6.07) is 16.9. The van der Waals surface area contributed by atoms with Crippen molar-refractivity contribution in [3.8, 4) is 10.6 Å². The van der Waals surface area contributed by atoms with Crippen LogP contribution < -0.4 is 5.32 Å². The first-order valence-corrected chi connectivity index (χ1v) is 9.94. The third-order valence-electron chi connectivity index (χ3n) is 4.41. The Kier molecular flexibility index (Phi) is 5.14. The molecule has 4 rings (SSSR count). The summed E-state index contributed by atoms with van der Waals surface area (Å²) in [6.45, 7) is 3.60. The van der Waals surface area contributed by atoms with Gasteiger partial charge in [-0.15, -0.1) is 11.3 Å². The minimum absolute atomic E-state index is 0.306.